The molecule has 0 fully saturated rings. The van der Waals surface area contributed by atoms with Gasteiger partial charge in [0.15, 0.2) is 0 Å². The molecular formula is C24H19F3N4O2. The summed E-state index contributed by atoms with van der Waals surface area (Å²) in [6.07, 6.45) is -5.62. The van der Waals surface area contributed by atoms with E-state index in [0.717, 1.165) is 0 Å². The highest BCUT2D eigenvalue weighted by Crippen LogP contribution is 2.21. The van der Waals surface area contributed by atoms with Gasteiger partial charge >= 0.3 is 6.18 Å². The number of carbonyl (C=O) groups is 2. The van der Waals surface area contributed by atoms with Crippen molar-refractivity contribution in [2.75, 3.05) is 0 Å². The van der Waals surface area contributed by atoms with Crippen LogP contribution in [0, 0.1) is 0 Å². The Kier molecular flexibility index (Phi) is 7.69. The number of alkyl halides is 3. The van der Waals surface area contributed by atoms with Crippen LogP contribution in [-0.4, -0.2) is 29.4 Å². The molecule has 0 bridgehead atoms. The highest BCUT2D eigenvalue weighted by molar-refractivity contribution is 6.14. The zero-order valence-electron chi connectivity index (χ0n) is 17.2. The van der Waals surface area contributed by atoms with Crippen molar-refractivity contribution in [3.63, 3.8) is 0 Å². The van der Waals surface area contributed by atoms with E-state index in [2.05, 4.69) is 15.6 Å². The topological polar surface area (TPSA) is 82.9 Å². The SMILES string of the molecule is O=C(N/N=C(/C/C(=N\NC(=O)c1ccccc1)c1ccccc1)C(F)(F)F)c1ccccc1. The first-order chi connectivity index (χ1) is 15.8. The summed E-state index contributed by atoms with van der Waals surface area (Å²) in [5.74, 6) is -1.36. The first kappa shape index (κ1) is 23.4. The third-order valence-corrected chi connectivity index (χ3v) is 4.43. The number of nitrogens with zero attached hydrogens (tertiary/aromatic N) is 2. The van der Waals surface area contributed by atoms with Gasteiger partial charge in [0.05, 0.1) is 5.71 Å². The molecular weight excluding hydrogens is 433 g/mol. The summed E-state index contributed by atoms with van der Waals surface area (Å²) in [6, 6.07) is 24.0. The van der Waals surface area contributed by atoms with Crippen LogP contribution < -0.4 is 10.9 Å². The zero-order valence-corrected chi connectivity index (χ0v) is 17.2. The molecule has 0 spiro atoms. The smallest absolute Gasteiger partial charge is 0.267 e. The Hall–Kier alpha value is -4.27. The average molecular weight is 452 g/mol. The van der Waals surface area contributed by atoms with Gasteiger partial charge < -0.3 is 0 Å². The molecule has 6 nitrogen and oxygen atoms in total. The summed E-state index contributed by atoms with van der Waals surface area (Å²) in [5.41, 5.74) is 3.69. The van der Waals surface area contributed by atoms with Gasteiger partial charge in [0.25, 0.3) is 11.8 Å². The van der Waals surface area contributed by atoms with Gasteiger partial charge in [0.1, 0.15) is 5.71 Å². The number of hydrogen-bond acceptors (Lipinski definition) is 4. The lowest BCUT2D eigenvalue weighted by molar-refractivity contribution is -0.0601. The third-order valence-electron chi connectivity index (χ3n) is 4.43. The highest BCUT2D eigenvalue weighted by atomic mass is 19.4. The molecule has 2 amide bonds. The van der Waals surface area contributed by atoms with Gasteiger partial charge in [-0.3, -0.25) is 9.59 Å². The van der Waals surface area contributed by atoms with E-state index in [4.69, 9.17) is 0 Å². The van der Waals surface area contributed by atoms with Crippen LogP contribution in [0.15, 0.2) is 101 Å². The molecule has 0 saturated heterocycles. The molecule has 0 saturated carbocycles. The van der Waals surface area contributed by atoms with E-state index < -0.39 is 30.1 Å². The van der Waals surface area contributed by atoms with E-state index >= 15 is 0 Å². The summed E-state index contributed by atoms with van der Waals surface area (Å²) < 4.78 is 41.1. The molecule has 9 heteroatoms. The van der Waals surface area contributed by atoms with Crippen LogP contribution in [0.3, 0.4) is 0 Å². The molecule has 3 aromatic rings. The third kappa shape index (κ3) is 6.86. The number of amides is 2. The maximum Gasteiger partial charge on any atom is 0.431 e. The van der Waals surface area contributed by atoms with Crippen molar-refractivity contribution in [1.29, 1.82) is 0 Å². The molecule has 0 atom stereocenters. The second kappa shape index (κ2) is 10.9. The minimum atomic E-state index is -4.84. The predicted octanol–water partition coefficient (Wildman–Crippen LogP) is 4.56. The Morgan fingerprint density at radius 3 is 1.45 bits per heavy atom. The first-order valence-corrected chi connectivity index (χ1v) is 9.81. The summed E-state index contributed by atoms with van der Waals surface area (Å²) in [7, 11) is 0. The fourth-order valence-electron chi connectivity index (χ4n) is 2.74. The van der Waals surface area contributed by atoms with Gasteiger partial charge in [-0.2, -0.15) is 23.4 Å². The number of halogens is 3. The van der Waals surface area contributed by atoms with Crippen LogP contribution in [0.2, 0.25) is 0 Å². The van der Waals surface area contributed by atoms with Crippen LogP contribution in [0.5, 0.6) is 0 Å². The Labute approximate surface area is 187 Å². The molecule has 0 unspecified atom stereocenters. The Balaban J connectivity index is 1.86. The maximum atomic E-state index is 13.7. The van der Waals surface area contributed by atoms with E-state index in [9.17, 15) is 22.8 Å². The second-order valence-electron chi connectivity index (χ2n) is 6.77. The zero-order chi connectivity index (χ0) is 23.7. The molecule has 168 valence electrons. The predicted molar refractivity (Wildman–Crippen MR) is 119 cm³/mol. The van der Waals surface area contributed by atoms with Crippen molar-refractivity contribution in [3.05, 3.63) is 108 Å². The lowest BCUT2D eigenvalue weighted by atomic mass is 10.0. The number of nitrogens with one attached hydrogen (secondary N) is 2. The molecule has 2 N–H and O–H groups in total. The fourth-order valence-corrected chi connectivity index (χ4v) is 2.74. The van der Waals surface area contributed by atoms with Crippen molar-refractivity contribution in [3.8, 4) is 0 Å². The lowest BCUT2D eigenvalue weighted by Crippen LogP contribution is -2.31. The standard InChI is InChI=1S/C24H19F3N4O2/c25-24(26,27)21(29-31-23(33)19-14-8-3-9-15-19)16-20(17-10-4-1-5-11-17)28-30-22(32)18-12-6-2-7-13-18/h1-15H,16H2,(H,30,32)(H,31,33)/b28-20+,29-21-. The number of rotatable bonds is 7. The molecule has 3 aromatic carbocycles. The fraction of sp³-hybridized carbons (Fsp3) is 0.0833. The number of hydrazone groups is 2. The Morgan fingerprint density at radius 1 is 0.636 bits per heavy atom. The Bertz CT molecular complexity index is 1150. The molecule has 0 aliphatic heterocycles. The monoisotopic (exact) mass is 452 g/mol. The molecule has 0 radical (unpaired) electrons. The minimum Gasteiger partial charge on any atom is -0.267 e. The van der Waals surface area contributed by atoms with E-state index in [1.165, 1.54) is 12.1 Å². The van der Waals surface area contributed by atoms with E-state index in [1.54, 1.807) is 78.9 Å². The normalized spacial score (nSPS) is 12.2. The molecule has 0 aliphatic rings. The van der Waals surface area contributed by atoms with Gasteiger partial charge in [-0.1, -0.05) is 66.7 Å². The van der Waals surface area contributed by atoms with Gasteiger partial charge in [0.2, 0.25) is 0 Å². The number of carbonyl (C=O) groups excluding carboxylic acids is 2. The van der Waals surface area contributed by atoms with Gasteiger partial charge in [-0.05, 0) is 29.8 Å². The van der Waals surface area contributed by atoms with Gasteiger partial charge in [-0.15, -0.1) is 0 Å². The summed E-state index contributed by atoms with van der Waals surface area (Å²) in [5, 5.41) is 7.25. The summed E-state index contributed by atoms with van der Waals surface area (Å²) >= 11 is 0. The van der Waals surface area contributed by atoms with Crippen LogP contribution in [-0.2, 0) is 0 Å². The summed E-state index contributed by atoms with van der Waals surface area (Å²) in [4.78, 5) is 24.4. The van der Waals surface area contributed by atoms with Gasteiger partial charge in [-0.25, -0.2) is 10.9 Å². The minimum absolute atomic E-state index is 0.0788. The summed E-state index contributed by atoms with van der Waals surface area (Å²) in [6.45, 7) is 0. The molecule has 0 aromatic heterocycles. The molecule has 0 heterocycles. The van der Waals surface area contributed by atoms with E-state index in [0.29, 0.717) is 11.1 Å². The van der Waals surface area contributed by atoms with Crippen molar-refractivity contribution in [2.45, 2.75) is 12.6 Å². The van der Waals surface area contributed by atoms with Crippen molar-refractivity contribution in [2.24, 2.45) is 10.2 Å². The van der Waals surface area contributed by atoms with E-state index in [1.807, 2.05) is 5.43 Å². The lowest BCUT2D eigenvalue weighted by Gasteiger charge is -2.13. The number of hydrogen-bond donors (Lipinski definition) is 2. The van der Waals surface area contributed by atoms with Crippen LogP contribution in [0.4, 0.5) is 13.2 Å². The number of benzene rings is 3. The van der Waals surface area contributed by atoms with Crippen molar-refractivity contribution >= 4 is 23.2 Å². The van der Waals surface area contributed by atoms with Crippen molar-refractivity contribution in [1.82, 2.24) is 10.9 Å². The molecule has 0 aliphatic carbocycles. The van der Waals surface area contributed by atoms with Gasteiger partial charge in [0, 0.05) is 17.5 Å². The quantitative estimate of drug-likeness (QED) is 0.407. The van der Waals surface area contributed by atoms with Crippen molar-refractivity contribution < 1.29 is 22.8 Å². The van der Waals surface area contributed by atoms with Crippen LogP contribution >= 0.6 is 0 Å². The average Bonchev–Trinajstić information content (AvgIpc) is 2.84. The first-order valence-electron chi connectivity index (χ1n) is 9.81. The van der Waals surface area contributed by atoms with Crippen LogP contribution in [0.1, 0.15) is 32.7 Å². The molecule has 3 rings (SSSR count). The van der Waals surface area contributed by atoms with Crippen LogP contribution in [0.25, 0.3) is 0 Å². The Morgan fingerprint density at radius 2 is 1.03 bits per heavy atom. The largest absolute Gasteiger partial charge is 0.431 e. The second-order valence-corrected chi connectivity index (χ2v) is 6.77. The maximum absolute atomic E-state index is 13.7. The van der Waals surface area contributed by atoms with E-state index in [-0.39, 0.29) is 11.3 Å². The molecule has 33 heavy (non-hydrogen) atoms. The highest BCUT2D eigenvalue weighted by Gasteiger charge is 2.37.